The Morgan fingerprint density at radius 3 is 2.05 bits per heavy atom. The maximum atomic E-state index is 14.0. The molecule has 0 aliphatic carbocycles. The van der Waals surface area contributed by atoms with Crippen LogP contribution in [0, 0.1) is 0 Å². The van der Waals surface area contributed by atoms with Crippen LogP contribution < -0.4 is 0 Å². The molecule has 242 valence electrons. The van der Waals surface area contributed by atoms with E-state index in [1.165, 1.54) is 44.3 Å². The summed E-state index contributed by atoms with van der Waals surface area (Å²) in [7, 11) is 0. The summed E-state index contributed by atoms with van der Waals surface area (Å²) in [4.78, 5) is 31.9. The first-order valence-electron chi connectivity index (χ1n) is 17.2. The lowest BCUT2D eigenvalue weighted by atomic mass is 10.00. The number of amides is 1. The first-order chi connectivity index (χ1) is 21.3. The maximum absolute atomic E-state index is 14.0. The zero-order chi connectivity index (χ0) is 31.9. The van der Waals surface area contributed by atoms with E-state index in [2.05, 4.69) is 43.9 Å². The average molecular weight is 604 g/mol. The summed E-state index contributed by atoms with van der Waals surface area (Å²) in [6.07, 6.45) is 11.9. The van der Waals surface area contributed by atoms with E-state index < -0.39 is 0 Å². The van der Waals surface area contributed by atoms with E-state index in [1.54, 1.807) is 0 Å². The molecule has 0 spiro atoms. The lowest BCUT2D eigenvalue weighted by Crippen LogP contribution is -2.39. The fourth-order valence-corrected chi connectivity index (χ4v) is 5.81. The zero-order valence-electron chi connectivity index (χ0n) is 28.4. The predicted octanol–water partition coefficient (Wildman–Crippen LogP) is 8.23. The Morgan fingerprint density at radius 2 is 1.43 bits per heavy atom. The highest BCUT2D eigenvalue weighted by atomic mass is 16.5. The van der Waals surface area contributed by atoms with Crippen molar-refractivity contribution >= 4 is 17.2 Å². The van der Waals surface area contributed by atoms with Crippen LogP contribution in [0.1, 0.15) is 124 Å². The van der Waals surface area contributed by atoms with Gasteiger partial charge in [0.2, 0.25) is 5.78 Å². The molecule has 0 fully saturated rings. The number of nitrogens with zero attached hydrogens (tertiary/aromatic N) is 3. The second-order valence-corrected chi connectivity index (χ2v) is 12.3. The molecule has 0 aliphatic heterocycles. The van der Waals surface area contributed by atoms with Gasteiger partial charge >= 0.3 is 0 Å². The Labute approximate surface area is 266 Å². The average Bonchev–Trinajstić information content (AvgIpc) is 3.40. The van der Waals surface area contributed by atoms with Crippen LogP contribution in [0.3, 0.4) is 0 Å². The number of aromatic nitrogens is 1. The number of ketones is 1. The number of fused-ring (bicyclic) bond motifs is 1. The van der Waals surface area contributed by atoms with Gasteiger partial charge < -0.3 is 18.9 Å². The van der Waals surface area contributed by atoms with Crippen molar-refractivity contribution in [2.75, 3.05) is 39.4 Å². The monoisotopic (exact) mass is 603 g/mol. The number of carbonyl (C=O) groups excluding carboxylic acids is 2. The smallest absolute Gasteiger partial charge is 0.254 e. The summed E-state index contributed by atoms with van der Waals surface area (Å²) >= 11 is 0. The molecule has 0 N–H and O–H groups in total. The van der Waals surface area contributed by atoms with E-state index in [9.17, 15) is 9.59 Å². The van der Waals surface area contributed by atoms with E-state index in [0.717, 1.165) is 49.7 Å². The molecule has 1 aromatic carbocycles. The molecule has 0 aliphatic rings. The van der Waals surface area contributed by atoms with Gasteiger partial charge in [0.05, 0.1) is 12.3 Å². The van der Waals surface area contributed by atoms with Crippen LogP contribution in [0.5, 0.6) is 0 Å². The van der Waals surface area contributed by atoms with Gasteiger partial charge in [-0.3, -0.25) is 9.59 Å². The first-order valence-corrected chi connectivity index (χ1v) is 17.2. The third-order valence-corrected chi connectivity index (χ3v) is 8.49. The number of aryl methyl sites for hydroxylation is 2. The van der Waals surface area contributed by atoms with E-state index in [1.807, 2.05) is 60.5 Å². The molecule has 2 aromatic heterocycles. The van der Waals surface area contributed by atoms with Crippen LogP contribution in [0.2, 0.25) is 0 Å². The Morgan fingerprint density at radius 1 is 0.773 bits per heavy atom. The van der Waals surface area contributed by atoms with Crippen LogP contribution in [0.15, 0.2) is 48.7 Å². The molecule has 0 atom stereocenters. The van der Waals surface area contributed by atoms with Gasteiger partial charge in [-0.15, -0.1) is 0 Å². The van der Waals surface area contributed by atoms with Crippen LogP contribution in [0.4, 0.5) is 0 Å². The lowest BCUT2D eigenvalue weighted by molar-refractivity contribution is 0.0593. The molecule has 0 radical (unpaired) electrons. The number of benzene rings is 1. The molecule has 0 unspecified atom stereocenters. The Bertz CT molecular complexity index is 1290. The van der Waals surface area contributed by atoms with Crippen molar-refractivity contribution < 1.29 is 14.3 Å². The molecular formula is C38H57N3O3. The standard InChI is InChI=1S/C38H57N3O3/c1-7-11-16-33-28-35-29-34(38(43)40(30(5)6)26-27-44-10-4)21-25-41(35)36(33)37(42)32-19-17-31(18-20-32)15-14-24-39(22-12-8-2)23-13-9-3/h17-21,25,28-30H,7-16,22-24,26-27H2,1-6H3. The zero-order valence-corrected chi connectivity index (χ0v) is 28.4. The second-order valence-electron chi connectivity index (χ2n) is 12.3. The number of pyridine rings is 1. The minimum absolute atomic E-state index is 0.0131. The van der Waals surface area contributed by atoms with Crippen molar-refractivity contribution in [1.29, 1.82) is 0 Å². The minimum Gasteiger partial charge on any atom is -0.380 e. The molecule has 0 bridgehead atoms. The Balaban J connectivity index is 1.78. The van der Waals surface area contributed by atoms with Crippen molar-refractivity contribution in [2.24, 2.45) is 0 Å². The number of carbonyl (C=O) groups is 2. The minimum atomic E-state index is -0.0131. The predicted molar refractivity (Wildman–Crippen MR) is 183 cm³/mol. The Hall–Kier alpha value is -2.96. The van der Waals surface area contributed by atoms with Crippen LogP contribution in [0.25, 0.3) is 5.52 Å². The van der Waals surface area contributed by atoms with E-state index in [-0.39, 0.29) is 17.7 Å². The van der Waals surface area contributed by atoms with E-state index in [0.29, 0.717) is 36.6 Å². The maximum Gasteiger partial charge on any atom is 0.254 e. The normalized spacial score (nSPS) is 11.6. The van der Waals surface area contributed by atoms with Crippen molar-refractivity contribution in [3.8, 4) is 0 Å². The highest BCUT2D eigenvalue weighted by molar-refractivity contribution is 6.10. The third-order valence-electron chi connectivity index (χ3n) is 8.49. The molecule has 0 saturated heterocycles. The topological polar surface area (TPSA) is 54.3 Å². The molecular weight excluding hydrogens is 546 g/mol. The first kappa shape index (κ1) is 35.5. The quantitative estimate of drug-likeness (QED) is 0.0909. The van der Waals surface area contributed by atoms with Crippen LogP contribution in [-0.2, 0) is 17.6 Å². The Kier molecular flexibility index (Phi) is 15.1. The fourth-order valence-electron chi connectivity index (χ4n) is 5.81. The van der Waals surface area contributed by atoms with Crippen LogP contribution >= 0.6 is 0 Å². The van der Waals surface area contributed by atoms with E-state index >= 15 is 0 Å². The molecule has 6 nitrogen and oxygen atoms in total. The molecule has 3 rings (SSSR count). The summed E-state index contributed by atoms with van der Waals surface area (Å²) in [5.74, 6) is 0.0216. The summed E-state index contributed by atoms with van der Waals surface area (Å²) in [6, 6.07) is 14.2. The lowest BCUT2D eigenvalue weighted by Gasteiger charge is -2.26. The third kappa shape index (κ3) is 10.0. The molecule has 2 heterocycles. The van der Waals surface area contributed by atoms with Gasteiger partial charge in [-0.05, 0) is 108 Å². The van der Waals surface area contributed by atoms with Crippen molar-refractivity contribution in [3.05, 3.63) is 76.6 Å². The number of ether oxygens (including phenoxy) is 1. The SMILES string of the molecule is CCCCc1cc2cc(C(=O)N(CCOCC)C(C)C)ccn2c1C(=O)c1ccc(CCCN(CCCC)CCCC)cc1. The molecule has 3 aromatic rings. The number of hydrogen-bond acceptors (Lipinski definition) is 4. The van der Waals surface area contributed by atoms with Gasteiger partial charge in [0.15, 0.2) is 0 Å². The van der Waals surface area contributed by atoms with Gasteiger partial charge in [0, 0.05) is 42.0 Å². The number of unbranched alkanes of at least 4 members (excludes halogenated alkanes) is 3. The molecule has 1 amide bonds. The van der Waals surface area contributed by atoms with Gasteiger partial charge in [-0.2, -0.15) is 0 Å². The molecule has 0 saturated carbocycles. The van der Waals surface area contributed by atoms with Crippen molar-refractivity contribution in [1.82, 2.24) is 14.2 Å². The highest BCUT2D eigenvalue weighted by Crippen LogP contribution is 2.24. The highest BCUT2D eigenvalue weighted by Gasteiger charge is 2.22. The number of hydrogen-bond donors (Lipinski definition) is 0. The van der Waals surface area contributed by atoms with Gasteiger partial charge in [-0.25, -0.2) is 0 Å². The summed E-state index contributed by atoms with van der Waals surface area (Å²) < 4.78 is 7.49. The van der Waals surface area contributed by atoms with Gasteiger partial charge in [0.1, 0.15) is 0 Å². The summed E-state index contributed by atoms with van der Waals surface area (Å²) in [6.45, 7) is 17.9. The molecule has 44 heavy (non-hydrogen) atoms. The van der Waals surface area contributed by atoms with E-state index in [4.69, 9.17) is 4.74 Å². The largest absolute Gasteiger partial charge is 0.380 e. The van der Waals surface area contributed by atoms with Gasteiger partial charge in [0.25, 0.3) is 5.91 Å². The fraction of sp³-hybridized carbons (Fsp3) is 0.579. The summed E-state index contributed by atoms with van der Waals surface area (Å²) in [5.41, 5.74) is 5.25. The van der Waals surface area contributed by atoms with Crippen molar-refractivity contribution in [3.63, 3.8) is 0 Å². The van der Waals surface area contributed by atoms with Crippen molar-refractivity contribution in [2.45, 2.75) is 105 Å². The molecule has 6 heteroatoms. The second kappa shape index (κ2) is 18.8. The number of rotatable bonds is 21. The summed E-state index contributed by atoms with van der Waals surface area (Å²) in [5, 5.41) is 0. The van der Waals surface area contributed by atoms with Crippen LogP contribution in [-0.4, -0.2) is 71.3 Å². The van der Waals surface area contributed by atoms with Gasteiger partial charge in [-0.1, -0.05) is 64.3 Å².